The molecular formula is C12H15BrN2. The second-order valence-corrected chi connectivity index (χ2v) is 5.88. The smallest absolute Gasteiger partial charge is 0.141 e. The van der Waals surface area contributed by atoms with E-state index in [4.69, 9.17) is 0 Å². The fraction of sp³-hybridized carbons (Fsp3) is 0.417. The lowest BCUT2D eigenvalue weighted by molar-refractivity contribution is 0.412. The van der Waals surface area contributed by atoms with Crippen LogP contribution in [0.3, 0.4) is 0 Å². The van der Waals surface area contributed by atoms with Crippen LogP contribution in [0.2, 0.25) is 0 Å². The maximum atomic E-state index is 4.48. The van der Waals surface area contributed by atoms with E-state index in [2.05, 4.69) is 58.2 Å². The first kappa shape index (κ1) is 10.7. The Bertz CT molecular complexity index is 480. The third-order valence-corrected chi connectivity index (χ3v) is 2.64. The molecule has 0 bridgehead atoms. The number of hydrogen-bond donors (Lipinski definition) is 0. The van der Waals surface area contributed by atoms with Crippen molar-refractivity contribution in [1.82, 2.24) is 9.38 Å². The molecule has 2 aromatic heterocycles. The second-order valence-electron chi connectivity index (χ2n) is 5.07. The molecule has 2 nitrogen and oxygen atoms in total. The van der Waals surface area contributed by atoms with Crippen LogP contribution < -0.4 is 0 Å². The summed E-state index contributed by atoms with van der Waals surface area (Å²) in [7, 11) is 0. The van der Waals surface area contributed by atoms with Crippen LogP contribution >= 0.6 is 15.9 Å². The van der Waals surface area contributed by atoms with Crippen LogP contribution in [0.4, 0.5) is 0 Å². The van der Waals surface area contributed by atoms with E-state index >= 15 is 0 Å². The Labute approximate surface area is 98.5 Å². The number of pyridine rings is 1. The molecule has 0 aliphatic rings. The Morgan fingerprint density at radius 1 is 1.40 bits per heavy atom. The van der Waals surface area contributed by atoms with E-state index in [0.717, 1.165) is 16.7 Å². The first-order valence-electron chi connectivity index (χ1n) is 5.08. The highest BCUT2D eigenvalue weighted by Gasteiger charge is 2.14. The number of halogens is 1. The number of hydrogen-bond acceptors (Lipinski definition) is 1. The van der Waals surface area contributed by atoms with Crippen molar-refractivity contribution in [3.8, 4) is 0 Å². The van der Waals surface area contributed by atoms with E-state index in [1.807, 2.05) is 12.4 Å². The Morgan fingerprint density at radius 3 is 2.80 bits per heavy atom. The topological polar surface area (TPSA) is 17.3 Å². The minimum atomic E-state index is 0.292. The monoisotopic (exact) mass is 266 g/mol. The molecule has 0 radical (unpaired) electrons. The molecular weight excluding hydrogens is 252 g/mol. The molecule has 0 saturated heterocycles. The van der Waals surface area contributed by atoms with Gasteiger partial charge in [-0.2, -0.15) is 0 Å². The van der Waals surface area contributed by atoms with Gasteiger partial charge in [0.05, 0.1) is 0 Å². The van der Waals surface area contributed by atoms with Crippen molar-refractivity contribution >= 4 is 21.6 Å². The summed E-state index contributed by atoms with van der Waals surface area (Å²) in [5.41, 5.74) is 2.65. The molecule has 0 aliphatic heterocycles. The standard InChI is InChI=1S/C12H15BrN2/c1-12(2,3)7-9-5-4-6-15-8-10(13)14-11(9)15/h4-6,8H,7H2,1-3H3. The number of imidazole rings is 1. The van der Waals surface area contributed by atoms with Crippen molar-refractivity contribution in [2.24, 2.45) is 5.41 Å². The molecule has 2 heterocycles. The quantitative estimate of drug-likeness (QED) is 0.770. The van der Waals surface area contributed by atoms with Crippen molar-refractivity contribution in [2.75, 3.05) is 0 Å². The molecule has 0 spiro atoms. The molecule has 0 aromatic carbocycles. The molecule has 0 fully saturated rings. The summed E-state index contributed by atoms with van der Waals surface area (Å²) < 4.78 is 2.95. The van der Waals surface area contributed by atoms with Gasteiger partial charge in [0.2, 0.25) is 0 Å². The molecule has 2 aromatic rings. The average molecular weight is 267 g/mol. The minimum Gasteiger partial charge on any atom is -0.306 e. The van der Waals surface area contributed by atoms with Crippen molar-refractivity contribution in [3.63, 3.8) is 0 Å². The largest absolute Gasteiger partial charge is 0.306 e. The predicted molar refractivity (Wildman–Crippen MR) is 66.1 cm³/mol. The van der Waals surface area contributed by atoms with E-state index in [1.165, 1.54) is 5.56 Å². The van der Waals surface area contributed by atoms with E-state index in [9.17, 15) is 0 Å². The van der Waals surface area contributed by atoms with Crippen molar-refractivity contribution in [2.45, 2.75) is 27.2 Å². The highest BCUT2D eigenvalue weighted by molar-refractivity contribution is 9.10. The van der Waals surface area contributed by atoms with Gasteiger partial charge < -0.3 is 4.40 Å². The summed E-state index contributed by atoms with van der Waals surface area (Å²) in [6.07, 6.45) is 5.06. The maximum absolute atomic E-state index is 4.48. The van der Waals surface area contributed by atoms with Gasteiger partial charge in [0.1, 0.15) is 10.3 Å². The Hall–Kier alpha value is -0.830. The van der Waals surface area contributed by atoms with Crippen molar-refractivity contribution < 1.29 is 0 Å². The summed E-state index contributed by atoms with van der Waals surface area (Å²) in [5.74, 6) is 0. The summed E-state index contributed by atoms with van der Waals surface area (Å²) >= 11 is 3.41. The third kappa shape index (κ3) is 2.40. The van der Waals surface area contributed by atoms with Crippen molar-refractivity contribution in [1.29, 1.82) is 0 Å². The van der Waals surface area contributed by atoms with E-state index in [1.54, 1.807) is 0 Å². The lowest BCUT2D eigenvalue weighted by atomic mass is 9.88. The van der Waals surface area contributed by atoms with Crippen LogP contribution in [-0.2, 0) is 6.42 Å². The molecule has 80 valence electrons. The molecule has 2 rings (SSSR count). The van der Waals surface area contributed by atoms with E-state index in [-0.39, 0.29) is 0 Å². The van der Waals surface area contributed by atoms with Gasteiger partial charge in [-0.25, -0.2) is 4.98 Å². The molecule has 0 amide bonds. The molecule has 0 unspecified atom stereocenters. The molecule has 0 N–H and O–H groups in total. The molecule has 0 aliphatic carbocycles. The fourth-order valence-corrected chi connectivity index (χ4v) is 2.14. The van der Waals surface area contributed by atoms with Crippen LogP contribution in [0, 0.1) is 5.41 Å². The van der Waals surface area contributed by atoms with Crippen molar-refractivity contribution in [3.05, 3.63) is 34.7 Å². The lowest BCUT2D eigenvalue weighted by Crippen LogP contribution is -2.10. The van der Waals surface area contributed by atoms with E-state index < -0.39 is 0 Å². The minimum absolute atomic E-state index is 0.292. The maximum Gasteiger partial charge on any atom is 0.141 e. The number of rotatable bonds is 1. The number of aromatic nitrogens is 2. The normalized spacial score (nSPS) is 12.3. The third-order valence-electron chi connectivity index (χ3n) is 2.25. The summed E-state index contributed by atoms with van der Waals surface area (Å²) in [6, 6.07) is 4.22. The van der Waals surface area contributed by atoms with Crippen LogP contribution in [-0.4, -0.2) is 9.38 Å². The first-order valence-corrected chi connectivity index (χ1v) is 5.87. The number of nitrogens with zero attached hydrogens (tertiary/aromatic N) is 2. The highest BCUT2D eigenvalue weighted by atomic mass is 79.9. The van der Waals surface area contributed by atoms with Gasteiger partial charge in [0.15, 0.2) is 0 Å². The lowest BCUT2D eigenvalue weighted by Gasteiger charge is -2.18. The average Bonchev–Trinajstić information content (AvgIpc) is 2.43. The van der Waals surface area contributed by atoms with Crippen LogP contribution in [0.15, 0.2) is 29.1 Å². The highest BCUT2D eigenvalue weighted by Crippen LogP contribution is 2.24. The van der Waals surface area contributed by atoms with Crippen LogP contribution in [0.5, 0.6) is 0 Å². The van der Waals surface area contributed by atoms with Gasteiger partial charge in [-0.1, -0.05) is 26.8 Å². The second kappa shape index (κ2) is 3.63. The Kier molecular flexibility index (Phi) is 2.59. The summed E-state index contributed by atoms with van der Waals surface area (Å²) in [6.45, 7) is 6.73. The number of fused-ring (bicyclic) bond motifs is 1. The van der Waals surface area contributed by atoms with Gasteiger partial charge >= 0.3 is 0 Å². The van der Waals surface area contributed by atoms with Gasteiger partial charge in [-0.15, -0.1) is 0 Å². The Balaban J connectivity index is 2.51. The van der Waals surface area contributed by atoms with Crippen LogP contribution in [0.1, 0.15) is 26.3 Å². The van der Waals surface area contributed by atoms with Gasteiger partial charge in [-0.05, 0) is 39.4 Å². The molecule has 15 heavy (non-hydrogen) atoms. The zero-order valence-corrected chi connectivity index (χ0v) is 10.9. The zero-order chi connectivity index (χ0) is 11.1. The Morgan fingerprint density at radius 2 is 2.13 bits per heavy atom. The predicted octanol–water partition coefficient (Wildman–Crippen LogP) is 3.69. The SMILES string of the molecule is CC(C)(C)Cc1cccn2cc(Br)nc12. The first-order chi connectivity index (χ1) is 6.96. The summed E-state index contributed by atoms with van der Waals surface area (Å²) in [5, 5.41) is 0. The molecule has 3 heteroatoms. The van der Waals surface area contributed by atoms with E-state index in [0.29, 0.717) is 5.41 Å². The molecule has 0 atom stereocenters. The van der Waals surface area contributed by atoms with Gasteiger partial charge in [0, 0.05) is 12.4 Å². The fourth-order valence-electron chi connectivity index (χ4n) is 1.75. The molecule has 0 saturated carbocycles. The van der Waals surface area contributed by atoms with Gasteiger partial charge in [-0.3, -0.25) is 0 Å². The summed E-state index contributed by atoms with van der Waals surface area (Å²) in [4.78, 5) is 4.48. The zero-order valence-electron chi connectivity index (χ0n) is 9.29. The van der Waals surface area contributed by atoms with Crippen LogP contribution in [0.25, 0.3) is 5.65 Å². The van der Waals surface area contributed by atoms with Gasteiger partial charge in [0.25, 0.3) is 0 Å².